The molecule has 2 atom stereocenters. The van der Waals surface area contributed by atoms with Crippen molar-refractivity contribution in [1.82, 2.24) is 10.2 Å². The van der Waals surface area contributed by atoms with Crippen molar-refractivity contribution in [2.45, 2.75) is 31.5 Å². The summed E-state index contributed by atoms with van der Waals surface area (Å²) in [5.74, 6) is -5.12. The minimum atomic E-state index is -3.12. The van der Waals surface area contributed by atoms with Gasteiger partial charge in [-0.3, -0.25) is 15.0 Å². The van der Waals surface area contributed by atoms with E-state index in [1.807, 2.05) is 6.07 Å². The van der Waals surface area contributed by atoms with Crippen molar-refractivity contribution in [3.05, 3.63) is 102 Å². The van der Waals surface area contributed by atoms with Gasteiger partial charge in [0.15, 0.2) is 0 Å². The molecule has 3 aromatic rings. The zero-order valence-corrected chi connectivity index (χ0v) is 23.8. The van der Waals surface area contributed by atoms with Gasteiger partial charge in [-0.15, -0.1) is 23.2 Å². The van der Waals surface area contributed by atoms with Crippen molar-refractivity contribution in [2.75, 3.05) is 30.2 Å². The zero-order valence-electron chi connectivity index (χ0n) is 22.3. The van der Waals surface area contributed by atoms with E-state index in [0.717, 1.165) is 5.56 Å². The number of nitrogens with one attached hydrogen (secondary N) is 2. The predicted molar refractivity (Wildman–Crippen MR) is 156 cm³/mol. The van der Waals surface area contributed by atoms with Gasteiger partial charge in [-0.25, -0.2) is 14.0 Å². The third kappa shape index (κ3) is 10.4. The molecule has 0 saturated heterocycles. The molecule has 1 unspecified atom stereocenters. The van der Waals surface area contributed by atoms with E-state index in [9.17, 15) is 14.4 Å². The first-order valence-corrected chi connectivity index (χ1v) is 14.0. The molecule has 0 aliphatic carbocycles. The number of carbonyl (C=O) groups is 3. The molecule has 3 rings (SSSR count). The van der Waals surface area contributed by atoms with Crippen LogP contribution >= 0.6 is 23.2 Å². The summed E-state index contributed by atoms with van der Waals surface area (Å²) in [7, 11) is 0. The maximum atomic E-state index is 16.7. The van der Waals surface area contributed by atoms with Crippen LogP contribution in [0.4, 0.5) is 14.9 Å². The monoisotopic (exact) mass is 603 g/mol. The molecule has 0 heterocycles. The fourth-order valence-electron chi connectivity index (χ4n) is 3.98. The molecule has 8 nitrogen and oxygen atoms in total. The number of benzene rings is 3. The van der Waals surface area contributed by atoms with Gasteiger partial charge in [0.2, 0.25) is 0 Å². The standard InChI is InChI=1S/C30H32Cl2FN3O5/c31-16-18-36(19-17-32)26(27(37)40-21-23-10-4-1-5-11-23)20-30(33,28(38)41-22-24-12-6-2-7-13-24)35-29(39)34-25-14-8-3-9-15-25/h1-15,26H,16-22H2,(H2,34,35,39)/t26?,30-/m0/s1. The van der Waals surface area contributed by atoms with Gasteiger partial charge in [0.25, 0.3) is 5.79 Å². The van der Waals surface area contributed by atoms with E-state index in [1.54, 1.807) is 84.9 Å². The van der Waals surface area contributed by atoms with Crippen molar-refractivity contribution in [3.8, 4) is 0 Å². The van der Waals surface area contributed by atoms with Crippen molar-refractivity contribution in [1.29, 1.82) is 0 Å². The third-order valence-corrected chi connectivity index (χ3v) is 6.37. The number of rotatable bonds is 15. The predicted octanol–water partition coefficient (Wildman–Crippen LogP) is 5.50. The highest BCUT2D eigenvalue weighted by atomic mass is 35.5. The first kappa shape index (κ1) is 31.9. The molecule has 2 amide bonds. The summed E-state index contributed by atoms with van der Waals surface area (Å²) in [5.41, 5.74) is 1.70. The number of esters is 2. The van der Waals surface area contributed by atoms with E-state index >= 15 is 4.39 Å². The smallest absolute Gasteiger partial charge is 0.365 e. The van der Waals surface area contributed by atoms with Crippen LogP contribution in [0.1, 0.15) is 17.5 Å². The zero-order chi connectivity index (χ0) is 29.5. The average Bonchev–Trinajstić information content (AvgIpc) is 2.99. The average molecular weight is 605 g/mol. The van der Waals surface area contributed by atoms with E-state index in [2.05, 4.69) is 10.6 Å². The summed E-state index contributed by atoms with van der Waals surface area (Å²) in [6.45, 7) is -0.0373. The quantitative estimate of drug-likeness (QED) is 0.135. The summed E-state index contributed by atoms with van der Waals surface area (Å²) >= 11 is 12.0. The fourth-order valence-corrected chi connectivity index (χ4v) is 4.41. The fraction of sp³-hybridized carbons (Fsp3) is 0.300. The lowest BCUT2D eigenvalue weighted by molar-refractivity contribution is -0.165. The van der Waals surface area contributed by atoms with Crippen molar-refractivity contribution in [3.63, 3.8) is 0 Å². The van der Waals surface area contributed by atoms with Crippen LogP contribution in [-0.4, -0.2) is 59.6 Å². The van der Waals surface area contributed by atoms with Crippen LogP contribution in [-0.2, 0) is 32.3 Å². The Labute approximate surface area is 248 Å². The molecule has 0 fully saturated rings. The molecule has 0 aliphatic heterocycles. The minimum absolute atomic E-state index is 0.0780. The second-order valence-electron chi connectivity index (χ2n) is 9.04. The summed E-state index contributed by atoms with van der Waals surface area (Å²) in [6.07, 6.45) is -0.815. The van der Waals surface area contributed by atoms with Gasteiger partial charge in [0, 0.05) is 37.0 Å². The van der Waals surface area contributed by atoms with Crippen molar-refractivity contribution >= 4 is 46.9 Å². The molecule has 2 N–H and O–H groups in total. The molecule has 0 bridgehead atoms. The Morgan fingerprint density at radius 2 is 1.27 bits per heavy atom. The van der Waals surface area contributed by atoms with Crippen LogP contribution in [0, 0.1) is 0 Å². The van der Waals surface area contributed by atoms with Crippen molar-refractivity contribution in [2.24, 2.45) is 0 Å². The van der Waals surface area contributed by atoms with Crippen LogP contribution in [0.5, 0.6) is 0 Å². The second kappa shape index (κ2) is 16.6. The summed E-state index contributed by atoms with van der Waals surface area (Å²) in [4.78, 5) is 41.0. The number of anilines is 1. The number of ether oxygens (including phenoxy) is 2. The molecule has 218 valence electrons. The number of halogens is 3. The SMILES string of the molecule is O=C(Nc1ccccc1)N[C@@](F)(CC(C(=O)OCc1ccccc1)N(CCCl)CCCl)C(=O)OCc1ccccc1. The number of alkyl halides is 3. The number of nitrogens with zero attached hydrogens (tertiary/aromatic N) is 1. The molecular formula is C30H32Cl2FN3O5. The molecular weight excluding hydrogens is 572 g/mol. The first-order valence-electron chi connectivity index (χ1n) is 13.0. The second-order valence-corrected chi connectivity index (χ2v) is 9.79. The largest absolute Gasteiger partial charge is 0.460 e. The van der Waals surface area contributed by atoms with Gasteiger partial charge >= 0.3 is 18.0 Å². The third-order valence-electron chi connectivity index (χ3n) is 6.03. The van der Waals surface area contributed by atoms with E-state index in [-0.39, 0.29) is 38.1 Å². The molecule has 0 spiro atoms. The Hall–Kier alpha value is -3.66. The van der Waals surface area contributed by atoms with Gasteiger partial charge < -0.3 is 14.8 Å². The Bertz CT molecular complexity index is 1230. The number of hydrogen-bond acceptors (Lipinski definition) is 6. The Balaban J connectivity index is 1.87. The number of para-hydroxylation sites is 1. The number of urea groups is 1. The number of hydrogen-bond donors (Lipinski definition) is 2. The van der Waals surface area contributed by atoms with Gasteiger partial charge in [0.05, 0.1) is 0 Å². The van der Waals surface area contributed by atoms with Gasteiger partial charge in [0.1, 0.15) is 19.3 Å². The van der Waals surface area contributed by atoms with E-state index in [0.29, 0.717) is 11.3 Å². The van der Waals surface area contributed by atoms with E-state index in [1.165, 1.54) is 4.90 Å². The normalized spacial score (nSPS) is 13.1. The molecule has 41 heavy (non-hydrogen) atoms. The molecule has 11 heteroatoms. The van der Waals surface area contributed by atoms with Crippen molar-refractivity contribution < 1.29 is 28.2 Å². The maximum absolute atomic E-state index is 16.7. The number of amides is 2. The highest BCUT2D eigenvalue weighted by Crippen LogP contribution is 2.24. The van der Waals surface area contributed by atoms with E-state index in [4.69, 9.17) is 32.7 Å². The van der Waals surface area contributed by atoms with Crippen LogP contribution in [0.2, 0.25) is 0 Å². The van der Waals surface area contributed by atoms with Crippen LogP contribution in [0.25, 0.3) is 0 Å². The van der Waals surface area contributed by atoms with Gasteiger partial charge in [-0.2, -0.15) is 0 Å². The lowest BCUT2D eigenvalue weighted by Gasteiger charge is -2.34. The van der Waals surface area contributed by atoms with Gasteiger partial charge in [-0.1, -0.05) is 78.9 Å². The molecule has 0 radical (unpaired) electrons. The topological polar surface area (TPSA) is 97.0 Å². The molecule has 0 aromatic heterocycles. The van der Waals surface area contributed by atoms with Crippen LogP contribution < -0.4 is 10.6 Å². The number of carbonyl (C=O) groups excluding carboxylic acids is 3. The molecule has 3 aromatic carbocycles. The molecule has 0 aliphatic rings. The Morgan fingerprint density at radius 1 is 0.780 bits per heavy atom. The highest BCUT2D eigenvalue weighted by molar-refractivity contribution is 6.18. The van der Waals surface area contributed by atoms with Crippen LogP contribution in [0.15, 0.2) is 91.0 Å². The van der Waals surface area contributed by atoms with Gasteiger partial charge in [-0.05, 0) is 23.3 Å². The lowest BCUT2D eigenvalue weighted by Crippen LogP contribution is -2.58. The maximum Gasteiger partial charge on any atom is 0.365 e. The lowest BCUT2D eigenvalue weighted by atomic mass is 10.0. The summed E-state index contributed by atoms with van der Waals surface area (Å²) < 4.78 is 27.5. The summed E-state index contributed by atoms with van der Waals surface area (Å²) in [6, 6.07) is 23.6. The molecule has 0 saturated carbocycles. The minimum Gasteiger partial charge on any atom is -0.460 e. The van der Waals surface area contributed by atoms with E-state index < -0.39 is 36.2 Å². The Kier molecular flexibility index (Phi) is 12.9. The summed E-state index contributed by atoms with van der Waals surface area (Å²) in [5, 5.41) is 4.57. The Morgan fingerprint density at radius 3 is 1.78 bits per heavy atom. The highest BCUT2D eigenvalue weighted by Gasteiger charge is 2.47. The first-order chi connectivity index (χ1) is 19.8. The van der Waals surface area contributed by atoms with Crippen LogP contribution in [0.3, 0.4) is 0 Å².